The molecule has 0 saturated heterocycles. The Morgan fingerprint density at radius 2 is 0.410 bits per heavy atom. The smallest absolute Gasteiger partial charge is 0.854 e. The van der Waals surface area contributed by atoms with Crippen molar-refractivity contribution in [3.8, 4) is 0 Å². The van der Waals surface area contributed by atoms with Crippen LogP contribution in [0.1, 0.15) is 25.7 Å². The van der Waals surface area contributed by atoms with E-state index < -0.39 is 0 Å². The van der Waals surface area contributed by atoms with Crippen molar-refractivity contribution in [3.63, 3.8) is 0 Å². The van der Waals surface area contributed by atoms with Gasteiger partial charge in [0, 0.05) is 0 Å². The topological polar surface area (TPSA) is 283 Å². The molecule has 0 unspecified atom stereocenters. The van der Waals surface area contributed by atoms with Gasteiger partial charge in [0.1, 0.15) is 0 Å². The minimum Gasteiger partial charge on any atom is -0.854 e. The average Bonchev–Trinajstić information content (AvgIpc) is 2.84. The summed E-state index contributed by atoms with van der Waals surface area (Å²) in [5, 5.41) is 114. The second kappa shape index (κ2) is 77.4. The van der Waals surface area contributed by atoms with Crippen molar-refractivity contribution >= 4 is 0 Å². The van der Waals surface area contributed by atoms with Gasteiger partial charge in [0.05, 0.1) is 0 Å². The van der Waals surface area contributed by atoms with Gasteiger partial charge in [0.25, 0.3) is 0 Å². The van der Waals surface area contributed by atoms with Gasteiger partial charge in [-0.25, -0.2) is 0 Å². The third kappa shape index (κ3) is 120. The predicted octanol–water partition coefficient (Wildman–Crippen LogP) is -12.3. The summed E-state index contributed by atoms with van der Waals surface area (Å²) < 4.78 is 0. The third-order valence-corrected chi connectivity index (χ3v) is 3.05. The second-order valence-corrected chi connectivity index (χ2v) is 6.47. The van der Waals surface area contributed by atoms with Gasteiger partial charge in [-0.15, -0.1) is 79.3 Å². The predicted molar refractivity (Wildman–Crippen MR) is 112 cm³/mol. The fraction of sp³-hybridized carbons (Fsp3) is 1.00. The molecule has 0 aliphatic carbocycles. The number of rotatable bonds is 16. The van der Waals surface area contributed by atoms with Crippen molar-refractivity contribution in [1.29, 1.82) is 0 Å². The minimum absolute atomic E-state index is 0. The van der Waals surface area contributed by atoms with E-state index in [9.17, 15) is 61.3 Å². The fourth-order valence-electron chi connectivity index (χ4n) is 1.08. The molecule has 14 nitrogen and oxygen atoms in total. The first-order valence-corrected chi connectivity index (χ1v) is 11.6. The second-order valence-electron chi connectivity index (χ2n) is 6.47. The molecule has 0 N–H and O–H groups in total. The van der Waals surface area contributed by atoms with Crippen LogP contribution in [0.3, 0.4) is 0 Å². The minimum atomic E-state index is -0.219. The molecule has 0 aromatic heterocycles. The van der Waals surface area contributed by atoms with Crippen LogP contribution in [0.15, 0.2) is 0 Å². The number of nitrogens with zero attached hydrogens (tertiary/aromatic N) is 2. The summed E-state index contributed by atoms with van der Waals surface area (Å²) in [5.41, 5.74) is 0. The zero-order chi connectivity index (χ0) is 29.3. The van der Waals surface area contributed by atoms with Crippen LogP contribution < -0.4 is 61.3 Å². The van der Waals surface area contributed by atoms with Gasteiger partial charge < -0.3 is 71.1 Å². The molecular weight excluding hydrogens is 628 g/mol. The number of hydrogen-bond acceptors (Lipinski definition) is 14. The summed E-state index contributed by atoms with van der Waals surface area (Å²) in [4.78, 5) is 3.47. The van der Waals surface area contributed by atoms with E-state index in [-0.39, 0.29) is 170 Å². The molecule has 0 atom stereocenters. The summed E-state index contributed by atoms with van der Waals surface area (Å²) in [6.45, 7) is -0.255. The first-order chi connectivity index (χ1) is 17.3. The van der Waals surface area contributed by atoms with Gasteiger partial charge in [0.2, 0.25) is 0 Å². The molecule has 0 bridgehead atoms. The van der Waals surface area contributed by atoms with Gasteiger partial charge >= 0.3 is 65.2 Å². The molecule has 0 spiro atoms. The zero-order valence-electron chi connectivity index (χ0n) is 23.4. The van der Waals surface area contributed by atoms with E-state index >= 15 is 0 Å². The fourth-order valence-corrected chi connectivity index (χ4v) is 1.08. The van der Waals surface area contributed by atoms with E-state index in [2.05, 4.69) is 0 Å². The van der Waals surface area contributed by atoms with Crippen LogP contribution in [-0.2, 0) is 65.2 Å². The molecule has 0 aromatic carbocycles. The monoisotopic (exact) mass is 674 g/mol. The van der Waals surface area contributed by atoms with Gasteiger partial charge in [-0.3, -0.25) is 0 Å². The van der Waals surface area contributed by atoms with Crippen molar-refractivity contribution in [2.24, 2.45) is 0 Å². The van der Waals surface area contributed by atoms with Crippen LogP contribution in [0.2, 0.25) is 0 Å². The maximum atomic E-state index is 9.87. The van der Waals surface area contributed by atoms with E-state index in [1.807, 2.05) is 0 Å². The summed E-state index contributed by atoms with van der Waals surface area (Å²) in [5.74, 6) is 0. The van der Waals surface area contributed by atoms with Gasteiger partial charge in [-0.1, -0.05) is 25.7 Å². The molecule has 0 heterocycles. The van der Waals surface area contributed by atoms with E-state index in [1.165, 1.54) is 0 Å². The van der Waals surface area contributed by atoms with E-state index in [0.29, 0.717) is 26.2 Å². The molecule has 228 valence electrons. The molecule has 17 heteroatoms. The Labute approximate surface area is 280 Å². The quantitative estimate of drug-likeness (QED) is 0.138. The van der Waals surface area contributed by atoms with Crippen molar-refractivity contribution in [2.75, 3.05) is 120 Å². The summed E-state index contributed by atoms with van der Waals surface area (Å²) in [6.07, 6.45) is 1.11. The largest absolute Gasteiger partial charge is 4.00 e. The molecule has 0 aliphatic rings. The zero-order valence-corrected chi connectivity index (χ0v) is 28.1. The van der Waals surface area contributed by atoms with Crippen LogP contribution in [0, 0.1) is 0 Å². The maximum absolute atomic E-state index is 9.87. The molecule has 0 radical (unpaired) electrons. The SMILES string of the molecule is CN(CC[O-])CC[O-].CN(CC[O-])CC[O-].[O-]CCC[O-].[O-]CCC[O-].[O-]CCC[O-].[O-]CCC[O-].[Ti+4].[Ti+4].[Ti+4]. The summed E-state index contributed by atoms with van der Waals surface area (Å²) in [7, 11) is 3.55. The molecule has 0 saturated carbocycles. The Morgan fingerprint density at radius 3 is 0.462 bits per heavy atom. The molecular formula is C22H46N2O12Ti3. The van der Waals surface area contributed by atoms with E-state index in [0.717, 1.165) is 0 Å². The van der Waals surface area contributed by atoms with Crippen molar-refractivity contribution in [2.45, 2.75) is 25.7 Å². The van der Waals surface area contributed by atoms with Crippen molar-refractivity contribution < 1.29 is 126 Å². The van der Waals surface area contributed by atoms with Crippen molar-refractivity contribution in [1.82, 2.24) is 9.80 Å². The van der Waals surface area contributed by atoms with Crippen LogP contribution >= 0.6 is 0 Å². The van der Waals surface area contributed by atoms with Gasteiger partial charge in [-0.05, 0) is 40.3 Å². The molecule has 0 rings (SSSR count). The Bertz CT molecular complexity index is 245. The molecule has 0 amide bonds. The van der Waals surface area contributed by atoms with E-state index in [1.54, 1.807) is 23.9 Å². The molecule has 0 aliphatic heterocycles. The number of likely N-dealkylation sites (N-methyl/N-ethyl adjacent to an activating group) is 2. The Kier molecular flexibility index (Phi) is 127. The number of hydrogen-bond donors (Lipinski definition) is 0. The van der Waals surface area contributed by atoms with E-state index in [4.69, 9.17) is 0 Å². The Hall–Kier alpha value is 1.58. The summed E-state index contributed by atoms with van der Waals surface area (Å²) in [6, 6.07) is 0. The molecule has 0 fully saturated rings. The first kappa shape index (κ1) is 63.7. The molecule has 39 heavy (non-hydrogen) atoms. The summed E-state index contributed by atoms with van der Waals surface area (Å²) >= 11 is 0. The first-order valence-electron chi connectivity index (χ1n) is 11.6. The molecule has 0 aromatic rings. The Balaban J connectivity index is -0.0000000395. The van der Waals surface area contributed by atoms with Crippen LogP contribution in [0.4, 0.5) is 0 Å². The average molecular weight is 674 g/mol. The third-order valence-electron chi connectivity index (χ3n) is 3.05. The maximum Gasteiger partial charge on any atom is 4.00 e. The van der Waals surface area contributed by atoms with Crippen LogP contribution in [-0.4, -0.2) is 129 Å². The van der Waals surface area contributed by atoms with Gasteiger partial charge in [0.15, 0.2) is 0 Å². The van der Waals surface area contributed by atoms with Crippen molar-refractivity contribution in [3.05, 3.63) is 0 Å². The normalized spacial score (nSPS) is 8.62. The standard InChI is InChI=1S/2C5H11NO2.4C3H6O2.3Ti/c2*1-6(2-4-7)3-5-8;4*4-2-1-3-5;;;/h2*2-5H2,1H3;4*1-3H2;;;/q6*-2;3*+4. The Morgan fingerprint density at radius 1 is 0.282 bits per heavy atom. The van der Waals surface area contributed by atoms with Crippen LogP contribution in [0.5, 0.6) is 0 Å². The van der Waals surface area contributed by atoms with Crippen LogP contribution in [0.25, 0.3) is 0 Å². The van der Waals surface area contributed by atoms with Gasteiger partial charge in [-0.2, -0.15) is 0 Å².